The Kier molecular flexibility index (Phi) is 9.92. The summed E-state index contributed by atoms with van der Waals surface area (Å²) in [6.45, 7) is 24.1. The van der Waals surface area contributed by atoms with Gasteiger partial charge in [0.15, 0.2) is 0 Å². The molecule has 2 heteroatoms. The van der Waals surface area contributed by atoms with Gasteiger partial charge < -0.3 is 14.9 Å². The van der Waals surface area contributed by atoms with E-state index in [-0.39, 0.29) is 46.6 Å². The maximum absolute atomic E-state index is 2.47. The fraction of sp³-hybridized carbons (Fsp3) is 0.480. The number of hydrogen-bond acceptors (Lipinski definition) is 0. The van der Waals surface area contributed by atoms with Crippen LogP contribution in [0.3, 0.4) is 0 Å². The second-order valence-corrected chi connectivity index (χ2v) is 15.1. The van der Waals surface area contributed by atoms with Crippen molar-refractivity contribution >= 4 is 18.4 Å². The summed E-state index contributed by atoms with van der Waals surface area (Å²) in [5.74, 6) is 0. The minimum atomic E-state index is -2.05. The van der Waals surface area contributed by atoms with E-state index >= 15 is 0 Å². The van der Waals surface area contributed by atoms with Crippen LogP contribution >= 0.6 is 0 Å². The molecule has 0 aliphatic heterocycles. The summed E-state index contributed by atoms with van der Waals surface area (Å²) in [6.07, 6.45) is 0. The van der Waals surface area contributed by atoms with Crippen LogP contribution in [-0.2, 0) is 21.7 Å². The van der Waals surface area contributed by atoms with Crippen LogP contribution < -0.4 is 10.4 Å². The first-order chi connectivity index (χ1) is 10.9. The summed E-state index contributed by atoms with van der Waals surface area (Å²) >= 11 is 0. The summed E-state index contributed by atoms with van der Waals surface area (Å²) in [5.41, 5.74) is 6.04. The Hall–Kier alpha value is -0.499. The SMILES string of the molecule is Cc1c(C)c(C)[c-]([Si](c2ccccc2)(C(C)(C)C)C(C)(C)C)c1C.[CH3-].[CH3-].[Ti+3]. The van der Waals surface area contributed by atoms with E-state index in [1.54, 1.807) is 10.4 Å². The first-order valence-electron chi connectivity index (χ1n) is 9.16. The molecule has 0 heterocycles. The van der Waals surface area contributed by atoms with Crippen LogP contribution in [0.4, 0.5) is 0 Å². The second kappa shape index (κ2) is 9.33. The molecule has 2 aromatic carbocycles. The molecule has 0 spiro atoms. The summed E-state index contributed by atoms with van der Waals surface area (Å²) in [6, 6.07) is 11.4. The van der Waals surface area contributed by atoms with Crippen LogP contribution in [0, 0.1) is 42.5 Å². The molecule has 27 heavy (non-hydrogen) atoms. The first-order valence-corrected chi connectivity index (χ1v) is 11.2. The van der Waals surface area contributed by atoms with Crippen molar-refractivity contribution in [1.29, 1.82) is 0 Å². The molecule has 0 aliphatic carbocycles. The minimum absolute atomic E-state index is 0. The van der Waals surface area contributed by atoms with E-state index in [1.165, 1.54) is 22.3 Å². The molecule has 149 valence electrons. The van der Waals surface area contributed by atoms with Gasteiger partial charge in [-0.1, -0.05) is 105 Å². The van der Waals surface area contributed by atoms with Crippen LogP contribution in [0.5, 0.6) is 0 Å². The molecule has 2 aromatic rings. The van der Waals surface area contributed by atoms with Crippen molar-refractivity contribution in [3.05, 3.63) is 67.4 Å². The van der Waals surface area contributed by atoms with Crippen LogP contribution in [0.25, 0.3) is 0 Å². The largest absolute Gasteiger partial charge is 3.00 e. The van der Waals surface area contributed by atoms with E-state index < -0.39 is 8.07 Å². The number of benzene rings is 1. The van der Waals surface area contributed by atoms with Gasteiger partial charge in [0.1, 0.15) is 0 Å². The summed E-state index contributed by atoms with van der Waals surface area (Å²) in [7, 11) is -2.05. The summed E-state index contributed by atoms with van der Waals surface area (Å²) < 4.78 is 0. The van der Waals surface area contributed by atoms with Gasteiger partial charge >= 0.3 is 21.7 Å². The third-order valence-electron chi connectivity index (χ3n) is 6.27. The van der Waals surface area contributed by atoms with Crippen molar-refractivity contribution < 1.29 is 21.7 Å². The van der Waals surface area contributed by atoms with Gasteiger partial charge in [0.25, 0.3) is 0 Å². The zero-order valence-electron chi connectivity index (χ0n) is 19.9. The average Bonchev–Trinajstić information content (AvgIpc) is 2.64. The predicted octanol–water partition coefficient (Wildman–Crippen LogP) is 6.70. The monoisotopic (exact) mass is 417 g/mol. The third kappa shape index (κ3) is 4.26. The Labute approximate surface area is 186 Å². The normalized spacial score (nSPS) is 11.9. The minimum Gasteiger partial charge on any atom is -0.358 e. The molecule has 0 saturated heterocycles. The van der Waals surface area contributed by atoms with Gasteiger partial charge in [0.2, 0.25) is 0 Å². The Balaban J connectivity index is 0. The topological polar surface area (TPSA) is 0 Å². The van der Waals surface area contributed by atoms with E-state index in [9.17, 15) is 0 Å². The summed E-state index contributed by atoms with van der Waals surface area (Å²) in [4.78, 5) is 0. The van der Waals surface area contributed by atoms with Gasteiger partial charge in [-0.2, -0.15) is 22.3 Å². The molecular formula is C25H41SiTi. The van der Waals surface area contributed by atoms with Crippen LogP contribution in [-0.4, -0.2) is 8.07 Å². The Bertz CT molecular complexity index is 685. The summed E-state index contributed by atoms with van der Waals surface area (Å²) in [5, 5.41) is 3.72. The van der Waals surface area contributed by atoms with Crippen molar-refractivity contribution in [2.75, 3.05) is 0 Å². The Morgan fingerprint density at radius 3 is 1.30 bits per heavy atom. The third-order valence-corrected chi connectivity index (χ3v) is 13.5. The van der Waals surface area contributed by atoms with E-state index in [1.807, 2.05) is 0 Å². The van der Waals surface area contributed by atoms with E-state index in [0.29, 0.717) is 0 Å². The van der Waals surface area contributed by atoms with E-state index in [0.717, 1.165) is 0 Å². The Morgan fingerprint density at radius 2 is 1.00 bits per heavy atom. The van der Waals surface area contributed by atoms with Crippen molar-refractivity contribution in [1.82, 2.24) is 0 Å². The zero-order chi connectivity index (χ0) is 18.5. The molecule has 0 atom stereocenters. The predicted molar refractivity (Wildman–Crippen MR) is 125 cm³/mol. The van der Waals surface area contributed by atoms with Crippen molar-refractivity contribution in [2.24, 2.45) is 0 Å². The molecule has 0 amide bonds. The fourth-order valence-electron chi connectivity index (χ4n) is 5.35. The molecule has 0 saturated carbocycles. The van der Waals surface area contributed by atoms with Gasteiger partial charge in [-0.05, 0) is 10.1 Å². The van der Waals surface area contributed by atoms with Gasteiger partial charge in [0, 0.05) is 0 Å². The van der Waals surface area contributed by atoms with E-state index in [4.69, 9.17) is 0 Å². The van der Waals surface area contributed by atoms with Crippen LogP contribution in [0.15, 0.2) is 30.3 Å². The molecule has 0 fully saturated rings. The van der Waals surface area contributed by atoms with Crippen LogP contribution in [0.2, 0.25) is 10.1 Å². The zero-order valence-corrected chi connectivity index (χ0v) is 22.4. The molecule has 1 radical (unpaired) electrons. The van der Waals surface area contributed by atoms with Crippen molar-refractivity contribution in [2.45, 2.75) is 79.3 Å². The quantitative estimate of drug-likeness (QED) is 0.377. The maximum Gasteiger partial charge on any atom is 3.00 e. The number of rotatable bonds is 2. The molecule has 2 rings (SSSR count). The molecule has 0 aromatic heterocycles. The van der Waals surface area contributed by atoms with Gasteiger partial charge in [-0.25, -0.2) is 0 Å². The van der Waals surface area contributed by atoms with Crippen molar-refractivity contribution in [3.63, 3.8) is 0 Å². The van der Waals surface area contributed by atoms with Crippen LogP contribution in [0.1, 0.15) is 63.8 Å². The fourth-order valence-corrected chi connectivity index (χ4v) is 13.3. The van der Waals surface area contributed by atoms with Gasteiger partial charge in [0.05, 0.1) is 8.07 Å². The molecule has 0 nitrogen and oxygen atoms in total. The molecule has 0 aliphatic rings. The average molecular weight is 418 g/mol. The van der Waals surface area contributed by atoms with Gasteiger partial charge in [-0.3, -0.25) is 0 Å². The molecule has 0 N–H and O–H groups in total. The molecule has 0 bridgehead atoms. The number of hydrogen-bond donors (Lipinski definition) is 0. The van der Waals surface area contributed by atoms with Gasteiger partial charge in [-0.15, -0.1) is 5.19 Å². The standard InChI is InChI=1S/C23H35Si.2CH3.Ti/c1-16-17(2)19(4)21(18(16)3)24(22(5,6)7,23(8,9)10)20-14-12-11-13-15-20;;;/h11-15H,1-10H3;2*1H3;/q3*-1;+3. The maximum atomic E-state index is 2.47. The second-order valence-electron chi connectivity index (χ2n) is 9.49. The van der Waals surface area contributed by atoms with Crippen molar-refractivity contribution in [3.8, 4) is 0 Å². The Morgan fingerprint density at radius 1 is 0.667 bits per heavy atom. The molecule has 0 unspecified atom stereocenters. The smallest absolute Gasteiger partial charge is 0.358 e. The van der Waals surface area contributed by atoms with E-state index in [2.05, 4.69) is 99.6 Å². The first kappa shape index (κ1) is 28.7. The molecular weight excluding hydrogens is 376 g/mol.